The molecule has 1 aromatic carbocycles. The van der Waals surface area contributed by atoms with E-state index in [0.717, 1.165) is 50.7 Å². The molecular weight excluding hydrogens is 438 g/mol. The van der Waals surface area contributed by atoms with Crippen LogP contribution in [0.5, 0.6) is 0 Å². The zero-order chi connectivity index (χ0) is 23.0. The summed E-state index contributed by atoms with van der Waals surface area (Å²) in [6.07, 6.45) is 7.40. The van der Waals surface area contributed by atoms with Gasteiger partial charge in [0.15, 0.2) is 5.17 Å². The van der Waals surface area contributed by atoms with Crippen LogP contribution in [0.2, 0.25) is 0 Å². The van der Waals surface area contributed by atoms with E-state index in [0.29, 0.717) is 17.8 Å². The van der Waals surface area contributed by atoms with Crippen LogP contribution in [0.15, 0.2) is 29.3 Å². The van der Waals surface area contributed by atoms with Gasteiger partial charge in [-0.1, -0.05) is 24.6 Å². The van der Waals surface area contributed by atoms with Crippen molar-refractivity contribution in [3.8, 4) is 0 Å². The molecule has 1 atom stereocenters. The average Bonchev–Trinajstić information content (AvgIpc) is 3.38. The van der Waals surface area contributed by atoms with E-state index >= 15 is 0 Å². The second-order valence-corrected chi connectivity index (χ2v) is 10.0. The zero-order valence-electron chi connectivity index (χ0n) is 19.1. The molecular formula is C24H33N5O3S. The summed E-state index contributed by atoms with van der Waals surface area (Å²) in [4.78, 5) is 45.7. The Kier molecular flexibility index (Phi) is 8.39. The normalized spacial score (nSPS) is 21.6. The molecule has 33 heavy (non-hydrogen) atoms. The molecule has 3 amide bonds. The van der Waals surface area contributed by atoms with Crippen molar-refractivity contribution in [2.75, 3.05) is 44.6 Å². The molecule has 9 heteroatoms. The molecule has 0 spiro atoms. The van der Waals surface area contributed by atoms with Crippen molar-refractivity contribution in [1.29, 1.82) is 0 Å². The first kappa shape index (κ1) is 23.8. The van der Waals surface area contributed by atoms with Gasteiger partial charge >= 0.3 is 0 Å². The smallest absolute Gasteiger partial charge is 0.262 e. The molecule has 3 aliphatic heterocycles. The fourth-order valence-electron chi connectivity index (χ4n) is 4.43. The topological polar surface area (TPSA) is 94.1 Å². The van der Waals surface area contributed by atoms with Crippen LogP contribution in [0.1, 0.15) is 55.3 Å². The number of hydrogen-bond acceptors (Lipinski definition) is 6. The Morgan fingerprint density at radius 2 is 1.64 bits per heavy atom. The molecule has 1 unspecified atom stereocenters. The second-order valence-electron chi connectivity index (χ2n) is 8.87. The van der Waals surface area contributed by atoms with E-state index in [4.69, 9.17) is 0 Å². The van der Waals surface area contributed by atoms with Gasteiger partial charge in [-0.25, -0.2) is 0 Å². The van der Waals surface area contributed by atoms with Crippen LogP contribution < -0.4 is 10.6 Å². The van der Waals surface area contributed by atoms with Crippen LogP contribution in [-0.4, -0.2) is 77.2 Å². The molecule has 8 nitrogen and oxygen atoms in total. The molecule has 3 aliphatic rings. The van der Waals surface area contributed by atoms with Gasteiger partial charge in [0.25, 0.3) is 11.8 Å². The van der Waals surface area contributed by atoms with E-state index in [2.05, 4.69) is 25.4 Å². The van der Waals surface area contributed by atoms with Gasteiger partial charge in [-0.2, -0.15) is 4.99 Å². The standard InChI is InChI=1S/C24H33N5O3S/c30-21(17-20-23(32)27-24(33-20)29-14-5-6-15-29)26-19-9-7-18(8-10-19)22(31)25-11-16-28-12-3-1-2-4-13-28/h7-10,20H,1-6,11-17H2,(H,25,31)(H,26,30). The highest BCUT2D eigenvalue weighted by atomic mass is 32.2. The number of hydrogen-bond donors (Lipinski definition) is 2. The molecule has 0 aliphatic carbocycles. The highest BCUT2D eigenvalue weighted by molar-refractivity contribution is 8.15. The summed E-state index contributed by atoms with van der Waals surface area (Å²) in [5.74, 6) is -0.570. The van der Waals surface area contributed by atoms with E-state index < -0.39 is 5.25 Å². The van der Waals surface area contributed by atoms with Crippen molar-refractivity contribution in [3.05, 3.63) is 29.8 Å². The van der Waals surface area contributed by atoms with Crippen molar-refractivity contribution >= 4 is 40.3 Å². The molecule has 2 saturated heterocycles. The van der Waals surface area contributed by atoms with E-state index in [1.807, 2.05) is 0 Å². The Bertz CT molecular complexity index is 875. The Morgan fingerprint density at radius 3 is 2.33 bits per heavy atom. The number of nitrogens with one attached hydrogen (secondary N) is 2. The first-order valence-corrected chi connectivity index (χ1v) is 12.9. The minimum Gasteiger partial charge on any atom is -0.351 e. The summed E-state index contributed by atoms with van der Waals surface area (Å²) in [5.41, 5.74) is 1.17. The molecule has 1 aromatic rings. The lowest BCUT2D eigenvalue weighted by Crippen LogP contribution is -2.35. The van der Waals surface area contributed by atoms with E-state index in [1.54, 1.807) is 24.3 Å². The predicted molar refractivity (Wildman–Crippen MR) is 132 cm³/mol. The molecule has 0 saturated carbocycles. The lowest BCUT2D eigenvalue weighted by molar-refractivity contribution is -0.121. The van der Waals surface area contributed by atoms with Crippen molar-refractivity contribution in [3.63, 3.8) is 0 Å². The van der Waals surface area contributed by atoms with Crippen molar-refractivity contribution in [1.82, 2.24) is 15.1 Å². The Morgan fingerprint density at radius 1 is 0.970 bits per heavy atom. The van der Waals surface area contributed by atoms with Crippen LogP contribution in [0.4, 0.5) is 5.69 Å². The number of carbonyl (C=O) groups is 3. The van der Waals surface area contributed by atoms with Crippen LogP contribution in [-0.2, 0) is 9.59 Å². The van der Waals surface area contributed by atoms with Gasteiger partial charge in [0.2, 0.25) is 5.91 Å². The largest absolute Gasteiger partial charge is 0.351 e. The van der Waals surface area contributed by atoms with E-state index in [1.165, 1.54) is 37.4 Å². The van der Waals surface area contributed by atoms with Crippen LogP contribution in [0.3, 0.4) is 0 Å². The fourth-order valence-corrected chi connectivity index (χ4v) is 5.54. The van der Waals surface area contributed by atoms with Gasteiger partial charge in [-0.3, -0.25) is 14.4 Å². The van der Waals surface area contributed by atoms with Gasteiger partial charge < -0.3 is 20.4 Å². The SMILES string of the molecule is O=C(CC1SC(N2CCCC2)=NC1=O)Nc1ccc(C(=O)NCCN2CCCCCC2)cc1. The van der Waals surface area contributed by atoms with Crippen molar-refractivity contribution in [2.24, 2.45) is 4.99 Å². The summed E-state index contributed by atoms with van der Waals surface area (Å²) >= 11 is 1.39. The molecule has 4 rings (SSSR count). The monoisotopic (exact) mass is 471 g/mol. The Balaban J connectivity index is 1.19. The molecule has 2 N–H and O–H groups in total. The van der Waals surface area contributed by atoms with Gasteiger partial charge in [0.1, 0.15) is 5.25 Å². The highest BCUT2D eigenvalue weighted by Gasteiger charge is 2.33. The zero-order valence-corrected chi connectivity index (χ0v) is 19.9. The summed E-state index contributed by atoms with van der Waals surface area (Å²) in [7, 11) is 0. The maximum atomic E-state index is 12.5. The minimum atomic E-state index is -0.463. The van der Waals surface area contributed by atoms with Gasteiger partial charge in [0, 0.05) is 43.9 Å². The number of rotatable bonds is 7. The summed E-state index contributed by atoms with van der Waals surface area (Å²) in [5, 5.41) is 6.10. The lowest BCUT2D eigenvalue weighted by atomic mass is 10.2. The number of carbonyl (C=O) groups excluding carboxylic acids is 3. The van der Waals surface area contributed by atoms with E-state index in [9.17, 15) is 14.4 Å². The number of anilines is 1. The number of amidine groups is 1. The van der Waals surface area contributed by atoms with Crippen LogP contribution >= 0.6 is 11.8 Å². The second kappa shape index (κ2) is 11.7. The average molecular weight is 472 g/mol. The quantitative estimate of drug-likeness (QED) is 0.635. The summed E-state index contributed by atoms with van der Waals surface area (Å²) in [6.45, 7) is 5.58. The van der Waals surface area contributed by atoms with Crippen LogP contribution in [0.25, 0.3) is 0 Å². The molecule has 0 aromatic heterocycles. The van der Waals surface area contributed by atoms with E-state index in [-0.39, 0.29) is 24.1 Å². The third-order valence-corrected chi connectivity index (χ3v) is 7.53. The van der Waals surface area contributed by atoms with Gasteiger partial charge in [0.05, 0.1) is 0 Å². The number of aliphatic imine (C=N–C) groups is 1. The molecule has 0 radical (unpaired) electrons. The Labute approximate surface area is 199 Å². The number of nitrogens with zero attached hydrogens (tertiary/aromatic N) is 3. The number of thioether (sulfide) groups is 1. The highest BCUT2D eigenvalue weighted by Crippen LogP contribution is 2.29. The molecule has 178 valence electrons. The molecule has 0 bridgehead atoms. The Hall–Kier alpha value is -2.39. The third-order valence-electron chi connectivity index (χ3n) is 6.32. The lowest BCUT2D eigenvalue weighted by Gasteiger charge is -2.19. The maximum absolute atomic E-state index is 12.5. The number of likely N-dealkylation sites (tertiary alicyclic amines) is 2. The minimum absolute atomic E-state index is 0.0864. The van der Waals surface area contributed by atoms with Crippen molar-refractivity contribution in [2.45, 2.75) is 50.2 Å². The van der Waals surface area contributed by atoms with Crippen LogP contribution in [0, 0.1) is 0 Å². The molecule has 3 heterocycles. The molecule has 2 fully saturated rings. The number of amides is 3. The van der Waals surface area contributed by atoms with Gasteiger partial charge in [-0.15, -0.1) is 0 Å². The van der Waals surface area contributed by atoms with Gasteiger partial charge in [-0.05, 0) is 63.0 Å². The maximum Gasteiger partial charge on any atom is 0.262 e. The van der Waals surface area contributed by atoms with Crippen molar-refractivity contribution < 1.29 is 14.4 Å². The first-order valence-electron chi connectivity index (χ1n) is 12.0. The number of benzene rings is 1. The third kappa shape index (κ3) is 6.80. The fraction of sp³-hybridized carbons (Fsp3) is 0.583. The predicted octanol–water partition coefficient (Wildman–Crippen LogP) is 2.71. The summed E-state index contributed by atoms with van der Waals surface area (Å²) in [6, 6.07) is 6.86. The first-order chi connectivity index (χ1) is 16.1. The summed E-state index contributed by atoms with van der Waals surface area (Å²) < 4.78 is 0.